The molecule has 0 aliphatic heterocycles. The van der Waals surface area contributed by atoms with Gasteiger partial charge in [-0.05, 0) is 39.3 Å². The zero-order valence-corrected chi connectivity index (χ0v) is 28.0. The first-order valence-corrected chi connectivity index (χ1v) is 18.6. The zero-order chi connectivity index (χ0) is 29.4. The van der Waals surface area contributed by atoms with Gasteiger partial charge in [-0.3, -0.25) is 4.79 Å². The number of hydrogen-bond acceptors (Lipinski definition) is 2. The molecule has 1 unspecified atom stereocenters. The Labute approximate surface area is 253 Å². The molecule has 3 nitrogen and oxygen atoms in total. The monoisotopic (exact) mass is 566 g/mol. The topological polar surface area (TPSA) is 40.5 Å². The fraction of sp³-hybridized carbons (Fsp3) is 0.973. The first kappa shape index (κ1) is 39.4. The van der Waals surface area contributed by atoms with Crippen LogP contribution in [0.4, 0.5) is 0 Å². The number of aliphatic carboxylic acids is 1. The molecule has 0 aromatic carbocycles. The molecule has 0 saturated heterocycles. The van der Waals surface area contributed by atoms with Crippen LogP contribution in [-0.2, 0) is 4.79 Å². The van der Waals surface area contributed by atoms with Crippen LogP contribution in [-0.4, -0.2) is 35.1 Å². The third-order valence-electron chi connectivity index (χ3n) is 9.00. The molecule has 240 valence electrons. The summed E-state index contributed by atoms with van der Waals surface area (Å²) >= 11 is 0. The van der Waals surface area contributed by atoms with Gasteiger partial charge < -0.3 is 10.0 Å². The van der Waals surface area contributed by atoms with Gasteiger partial charge in [0, 0.05) is 12.5 Å². The summed E-state index contributed by atoms with van der Waals surface area (Å²) in [5.74, 6) is -0.653. The Balaban J connectivity index is 3.79. The smallest absolute Gasteiger partial charge is 0.303 e. The van der Waals surface area contributed by atoms with Crippen LogP contribution >= 0.6 is 0 Å². The first-order chi connectivity index (χ1) is 19.6. The Hall–Kier alpha value is -0.570. The molecule has 0 bridgehead atoms. The van der Waals surface area contributed by atoms with Gasteiger partial charge in [0.05, 0.1) is 0 Å². The molecule has 0 saturated carbocycles. The second kappa shape index (κ2) is 32.9. The van der Waals surface area contributed by atoms with Crippen molar-refractivity contribution >= 4 is 5.97 Å². The summed E-state index contributed by atoms with van der Waals surface area (Å²) in [4.78, 5) is 13.7. The van der Waals surface area contributed by atoms with E-state index in [1.807, 2.05) is 0 Å². The molecule has 3 heteroatoms. The highest BCUT2D eigenvalue weighted by atomic mass is 16.4. The quantitative estimate of drug-likeness (QED) is 0.0789. The Morgan fingerprint density at radius 2 is 0.725 bits per heavy atom. The summed E-state index contributed by atoms with van der Waals surface area (Å²) in [6.45, 7) is 9.13. The van der Waals surface area contributed by atoms with E-state index in [4.69, 9.17) is 5.11 Å². The van der Waals surface area contributed by atoms with Crippen LogP contribution in [0.5, 0.6) is 0 Å². The van der Waals surface area contributed by atoms with E-state index in [0.717, 1.165) is 19.5 Å². The maximum atomic E-state index is 11.1. The van der Waals surface area contributed by atoms with E-state index in [1.165, 1.54) is 180 Å². The van der Waals surface area contributed by atoms with Gasteiger partial charge in [-0.1, -0.05) is 181 Å². The van der Waals surface area contributed by atoms with E-state index in [1.54, 1.807) is 0 Å². The Morgan fingerprint density at radius 1 is 0.475 bits per heavy atom. The van der Waals surface area contributed by atoms with Crippen molar-refractivity contribution in [2.75, 3.05) is 13.1 Å². The standard InChI is InChI=1S/C37H75NO2/c1-4-6-8-10-12-14-16-18-20-22-24-26-28-30-34-38(36(3)32-33-37(39)40)35-31-29-27-25-23-21-19-17-15-13-11-9-7-5-2/h36H,4-35H2,1-3H3,(H,39,40). The first-order valence-electron chi connectivity index (χ1n) is 18.6. The lowest BCUT2D eigenvalue weighted by Crippen LogP contribution is -2.35. The van der Waals surface area contributed by atoms with Crippen LogP contribution < -0.4 is 0 Å². The minimum Gasteiger partial charge on any atom is -0.481 e. The van der Waals surface area contributed by atoms with Gasteiger partial charge in [0.25, 0.3) is 0 Å². The highest BCUT2D eigenvalue weighted by molar-refractivity contribution is 5.66. The molecular formula is C37H75NO2. The number of nitrogens with zero attached hydrogens (tertiary/aromatic N) is 1. The molecule has 40 heavy (non-hydrogen) atoms. The molecule has 0 aromatic heterocycles. The number of unbranched alkanes of at least 4 members (excludes halogenated alkanes) is 26. The van der Waals surface area contributed by atoms with E-state index in [9.17, 15) is 4.79 Å². The van der Waals surface area contributed by atoms with Crippen molar-refractivity contribution in [3.63, 3.8) is 0 Å². The summed E-state index contributed by atoms with van der Waals surface area (Å²) in [6.07, 6.45) is 40.3. The summed E-state index contributed by atoms with van der Waals surface area (Å²) in [5, 5.41) is 9.14. The van der Waals surface area contributed by atoms with Crippen molar-refractivity contribution in [1.82, 2.24) is 4.90 Å². The molecule has 0 heterocycles. The normalized spacial score (nSPS) is 12.4. The van der Waals surface area contributed by atoms with Crippen molar-refractivity contribution in [3.05, 3.63) is 0 Å². The number of carboxylic acid groups (broad SMARTS) is 1. The molecule has 1 atom stereocenters. The van der Waals surface area contributed by atoms with Crippen molar-refractivity contribution in [1.29, 1.82) is 0 Å². The SMILES string of the molecule is CCCCCCCCCCCCCCCCN(CCCCCCCCCCCCCCCC)C(C)CCC(=O)O. The third kappa shape index (κ3) is 30.4. The largest absolute Gasteiger partial charge is 0.481 e. The molecule has 1 N–H and O–H groups in total. The van der Waals surface area contributed by atoms with E-state index in [2.05, 4.69) is 25.7 Å². The average Bonchev–Trinajstić information content (AvgIpc) is 2.95. The molecule has 0 amide bonds. The van der Waals surface area contributed by atoms with E-state index in [-0.39, 0.29) is 0 Å². The van der Waals surface area contributed by atoms with Gasteiger partial charge in [-0.15, -0.1) is 0 Å². The van der Waals surface area contributed by atoms with Crippen LogP contribution in [0, 0.1) is 0 Å². The molecule has 0 aromatic rings. The number of carbonyl (C=O) groups is 1. The van der Waals surface area contributed by atoms with Crippen molar-refractivity contribution < 1.29 is 9.90 Å². The number of rotatable bonds is 34. The Morgan fingerprint density at radius 3 is 0.975 bits per heavy atom. The average molecular weight is 566 g/mol. The minimum atomic E-state index is -0.653. The Bertz CT molecular complexity index is 463. The summed E-state index contributed by atoms with van der Waals surface area (Å²) < 4.78 is 0. The van der Waals surface area contributed by atoms with Gasteiger partial charge in [0.15, 0.2) is 0 Å². The second-order valence-corrected chi connectivity index (χ2v) is 13.0. The van der Waals surface area contributed by atoms with E-state index < -0.39 is 5.97 Å². The molecular weight excluding hydrogens is 490 g/mol. The van der Waals surface area contributed by atoms with Crippen molar-refractivity contribution in [2.24, 2.45) is 0 Å². The van der Waals surface area contributed by atoms with Crippen LogP contribution in [0.25, 0.3) is 0 Å². The van der Waals surface area contributed by atoms with Crippen LogP contribution in [0.1, 0.15) is 213 Å². The van der Waals surface area contributed by atoms with Gasteiger partial charge >= 0.3 is 5.97 Å². The highest BCUT2D eigenvalue weighted by Crippen LogP contribution is 2.16. The summed E-state index contributed by atoms with van der Waals surface area (Å²) in [7, 11) is 0. The minimum absolute atomic E-state index is 0.301. The van der Waals surface area contributed by atoms with Gasteiger partial charge in [0.1, 0.15) is 0 Å². The number of carboxylic acids is 1. The van der Waals surface area contributed by atoms with E-state index in [0.29, 0.717) is 12.5 Å². The van der Waals surface area contributed by atoms with Gasteiger partial charge in [0.2, 0.25) is 0 Å². The summed E-state index contributed by atoms with van der Waals surface area (Å²) in [6, 6.07) is 0.389. The highest BCUT2D eigenvalue weighted by Gasteiger charge is 2.14. The third-order valence-corrected chi connectivity index (χ3v) is 9.00. The van der Waals surface area contributed by atoms with Crippen molar-refractivity contribution in [3.8, 4) is 0 Å². The lowest BCUT2D eigenvalue weighted by Gasteiger charge is -2.29. The van der Waals surface area contributed by atoms with E-state index >= 15 is 0 Å². The van der Waals surface area contributed by atoms with Crippen LogP contribution in [0.2, 0.25) is 0 Å². The Kier molecular flexibility index (Phi) is 32.5. The lowest BCUT2D eigenvalue weighted by molar-refractivity contribution is -0.137. The van der Waals surface area contributed by atoms with Crippen LogP contribution in [0.3, 0.4) is 0 Å². The molecule has 0 fully saturated rings. The maximum absolute atomic E-state index is 11.1. The van der Waals surface area contributed by atoms with Gasteiger partial charge in [-0.25, -0.2) is 0 Å². The lowest BCUT2D eigenvalue weighted by atomic mass is 10.0. The van der Waals surface area contributed by atoms with Crippen LogP contribution in [0.15, 0.2) is 0 Å². The fourth-order valence-electron chi connectivity index (χ4n) is 6.09. The zero-order valence-electron chi connectivity index (χ0n) is 28.0. The molecule has 0 spiro atoms. The molecule has 0 rings (SSSR count). The predicted molar refractivity (Wildman–Crippen MR) is 179 cm³/mol. The second-order valence-electron chi connectivity index (χ2n) is 13.0. The molecule has 0 aliphatic rings. The summed E-state index contributed by atoms with van der Waals surface area (Å²) in [5.41, 5.74) is 0. The molecule has 0 radical (unpaired) electrons. The fourth-order valence-corrected chi connectivity index (χ4v) is 6.09. The number of hydrogen-bond donors (Lipinski definition) is 1. The van der Waals surface area contributed by atoms with Crippen molar-refractivity contribution in [2.45, 2.75) is 219 Å². The molecule has 0 aliphatic carbocycles. The van der Waals surface area contributed by atoms with Gasteiger partial charge in [-0.2, -0.15) is 0 Å². The predicted octanol–water partition coefficient (Wildman–Crippen LogP) is 12.5. The maximum Gasteiger partial charge on any atom is 0.303 e.